The van der Waals surface area contributed by atoms with E-state index in [0.717, 1.165) is 25.0 Å². The van der Waals surface area contributed by atoms with Crippen molar-refractivity contribution < 1.29 is 14.7 Å². The molecule has 4 saturated carbocycles. The number of rotatable bonds is 5. The highest BCUT2D eigenvalue weighted by molar-refractivity contribution is 5.88. The van der Waals surface area contributed by atoms with E-state index >= 15 is 0 Å². The monoisotopic (exact) mass is 609 g/mol. The topological polar surface area (TPSA) is 92.2 Å². The molecular weight excluding hydrogens is 558 g/mol. The van der Waals surface area contributed by atoms with Crippen LogP contribution >= 0.6 is 0 Å². The Morgan fingerprint density at radius 1 is 0.867 bits per heavy atom. The molecule has 8 atom stereocenters. The number of carboxylic acid groups (broad SMARTS) is 1. The van der Waals surface area contributed by atoms with E-state index in [2.05, 4.69) is 56.0 Å². The predicted octanol–water partition coefficient (Wildman–Crippen LogP) is 8.13. The van der Waals surface area contributed by atoms with Crippen molar-refractivity contribution in [3.8, 4) is 0 Å². The van der Waals surface area contributed by atoms with E-state index in [-0.39, 0.29) is 33.1 Å². The van der Waals surface area contributed by atoms with Crippen LogP contribution in [0.15, 0.2) is 48.9 Å². The van der Waals surface area contributed by atoms with E-state index in [9.17, 15) is 14.7 Å². The van der Waals surface area contributed by atoms with Crippen molar-refractivity contribution in [3.63, 3.8) is 0 Å². The maximum Gasteiger partial charge on any atom is 0.335 e. The lowest BCUT2D eigenvalue weighted by atomic mass is 9.33. The van der Waals surface area contributed by atoms with Gasteiger partial charge >= 0.3 is 5.97 Å². The van der Waals surface area contributed by atoms with Gasteiger partial charge in [0.15, 0.2) is 0 Å². The third kappa shape index (κ3) is 4.47. The molecule has 2 N–H and O–H groups in total. The Labute approximate surface area is 268 Å². The van der Waals surface area contributed by atoms with E-state index in [0.29, 0.717) is 35.7 Å². The molecule has 6 heteroatoms. The van der Waals surface area contributed by atoms with E-state index < -0.39 is 5.97 Å². The van der Waals surface area contributed by atoms with Gasteiger partial charge in [0.05, 0.1) is 17.7 Å². The van der Waals surface area contributed by atoms with Gasteiger partial charge in [-0.1, -0.05) is 59.2 Å². The normalized spacial score (nSPS) is 39.8. The number of amides is 1. The number of aromatic carboxylic acids is 1. The molecule has 5 aliphatic rings. The van der Waals surface area contributed by atoms with Crippen LogP contribution in [0.3, 0.4) is 0 Å². The zero-order chi connectivity index (χ0) is 31.8. The fourth-order valence-electron chi connectivity index (χ4n) is 12.6. The largest absolute Gasteiger partial charge is 0.478 e. The molecular formula is C39H51N3O3. The molecule has 7 rings (SSSR count). The van der Waals surface area contributed by atoms with Crippen molar-refractivity contribution in [1.82, 2.24) is 15.3 Å². The number of carboxylic acids is 1. The number of aromatic nitrogens is 2. The summed E-state index contributed by atoms with van der Waals surface area (Å²) in [7, 11) is 0. The van der Waals surface area contributed by atoms with E-state index in [4.69, 9.17) is 0 Å². The second-order valence-electron chi connectivity index (χ2n) is 16.7. The van der Waals surface area contributed by atoms with Crippen LogP contribution in [0.5, 0.6) is 0 Å². The van der Waals surface area contributed by atoms with E-state index in [1.54, 1.807) is 30.7 Å². The molecule has 3 unspecified atom stereocenters. The first-order chi connectivity index (χ1) is 21.3. The van der Waals surface area contributed by atoms with Crippen molar-refractivity contribution in [2.24, 2.45) is 45.3 Å². The summed E-state index contributed by atoms with van der Waals surface area (Å²) in [6, 6.07) is 7.54. The average Bonchev–Trinajstić information content (AvgIpc) is 3.41. The fourth-order valence-corrected chi connectivity index (χ4v) is 12.6. The lowest BCUT2D eigenvalue weighted by molar-refractivity contribution is -0.216. The number of hydrogen-bond acceptors (Lipinski definition) is 4. The number of hydrogen-bond donors (Lipinski definition) is 2. The van der Waals surface area contributed by atoms with E-state index in [1.165, 1.54) is 56.1 Å². The minimum atomic E-state index is -0.872. The summed E-state index contributed by atoms with van der Waals surface area (Å²) in [5.41, 5.74) is 4.33. The van der Waals surface area contributed by atoms with Crippen LogP contribution in [-0.4, -0.2) is 32.5 Å². The highest BCUT2D eigenvalue weighted by Gasteiger charge is 2.69. The molecule has 0 saturated heterocycles. The molecule has 1 heterocycles. The van der Waals surface area contributed by atoms with Crippen molar-refractivity contribution in [2.75, 3.05) is 0 Å². The van der Waals surface area contributed by atoms with Crippen LogP contribution in [-0.2, 0) is 11.2 Å². The number of nitrogens with one attached hydrogen (secondary N) is 1. The molecule has 6 nitrogen and oxygen atoms in total. The van der Waals surface area contributed by atoms with Crippen molar-refractivity contribution in [1.29, 1.82) is 0 Å². The number of allylic oxidation sites excluding steroid dienone is 2. The quantitative estimate of drug-likeness (QED) is 0.357. The summed E-state index contributed by atoms with van der Waals surface area (Å²) in [4.78, 5) is 33.4. The zero-order valence-corrected chi connectivity index (χ0v) is 27.9. The standard InChI is InChI=1S/C39H51N3O3/c1-35(2)28(25-8-10-26(11-9-25)34(44)45)14-17-36(3)31(35)15-18-38(5)32(36)13-12-29-30-7-6-16-39(30,20-19-37(29,38)4)42-33(43)23-27-24-40-21-22-41-27/h8-11,14,21-22,24,29-32H,6-7,12-13,15-20,23H2,1-5H3,(H,42,43)(H,44,45)/t29-,30?,31?,32?,36+,37-,38-,39+/m1/s1. The summed E-state index contributed by atoms with van der Waals surface area (Å²) >= 11 is 0. The predicted molar refractivity (Wildman–Crippen MR) is 176 cm³/mol. The highest BCUT2D eigenvalue weighted by atomic mass is 16.4. The van der Waals surface area contributed by atoms with Gasteiger partial charge in [-0.3, -0.25) is 14.8 Å². The molecule has 5 aliphatic carbocycles. The molecule has 0 radical (unpaired) electrons. The maximum atomic E-state index is 13.4. The molecule has 4 fully saturated rings. The Kier molecular flexibility index (Phi) is 7.15. The first-order valence-electron chi connectivity index (χ1n) is 17.4. The number of benzene rings is 1. The molecule has 1 amide bonds. The minimum Gasteiger partial charge on any atom is -0.478 e. The van der Waals surface area contributed by atoms with Crippen LogP contribution in [0.4, 0.5) is 0 Å². The summed E-state index contributed by atoms with van der Waals surface area (Å²) in [6.45, 7) is 12.8. The molecule has 1 aromatic carbocycles. The van der Waals surface area contributed by atoms with Crippen molar-refractivity contribution in [3.05, 3.63) is 65.8 Å². The van der Waals surface area contributed by atoms with Gasteiger partial charge in [-0.15, -0.1) is 0 Å². The smallest absolute Gasteiger partial charge is 0.335 e. The number of carbonyl (C=O) groups excluding carboxylic acids is 1. The second kappa shape index (κ2) is 10.5. The Balaban J connectivity index is 1.15. The second-order valence-corrected chi connectivity index (χ2v) is 16.7. The van der Waals surface area contributed by atoms with Crippen molar-refractivity contribution >= 4 is 17.4 Å². The first kappa shape index (κ1) is 30.6. The van der Waals surface area contributed by atoms with Gasteiger partial charge < -0.3 is 10.4 Å². The first-order valence-corrected chi connectivity index (χ1v) is 17.4. The minimum absolute atomic E-state index is 0.0113. The van der Waals surface area contributed by atoms with Crippen LogP contribution in [0.1, 0.15) is 120 Å². The summed E-state index contributed by atoms with van der Waals surface area (Å²) < 4.78 is 0. The van der Waals surface area contributed by atoms with Gasteiger partial charge in [0, 0.05) is 24.1 Å². The summed E-state index contributed by atoms with van der Waals surface area (Å²) in [5, 5.41) is 13.1. The maximum absolute atomic E-state index is 13.4. The Hall–Kier alpha value is -3.02. The van der Waals surface area contributed by atoms with Gasteiger partial charge in [-0.25, -0.2) is 4.79 Å². The molecule has 45 heavy (non-hydrogen) atoms. The van der Waals surface area contributed by atoms with Gasteiger partial charge in [-0.2, -0.15) is 0 Å². The zero-order valence-electron chi connectivity index (χ0n) is 27.9. The third-order valence-corrected chi connectivity index (χ3v) is 14.7. The Bertz CT molecular complexity index is 1520. The SMILES string of the molecule is CC1(C)C(c2ccc(C(=O)O)cc2)=CC[C@@]2(C)C1CC[C@]1(C)C2CC[C@@H]2C3CCC[C@]3(NC(=O)Cc3cnccn3)CC[C@]21C. The highest BCUT2D eigenvalue weighted by Crippen LogP contribution is 2.76. The van der Waals surface area contributed by atoms with Gasteiger partial charge in [0.25, 0.3) is 0 Å². The van der Waals surface area contributed by atoms with E-state index in [1.807, 2.05) is 12.1 Å². The van der Waals surface area contributed by atoms with Crippen LogP contribution in [0.2, 0.25) is 0 Å². The number of nitrogens with zero attached hydrogens (tertiary/aromatic N) is 2. The van der Waals surface area contributed by atoms with Crippen LogP contribution in [0.25, 0.3) is 5.57 Å². The molecule has 0 aliphatic heterocycles. The van der Waals surface area contributed by atoms with Gasteiger partial charge in [0.2, 0.25) is 5.91 Å². The molecule has 1 aromatic heterocycles. The van der Waals surface area contributed by atoms with Crippen LogP contribution < -0.4 is 5.32 Å². The molecule has 0 bridgehead atoms. The van der Waals surface area contributed by atoms with Crippen molar-refractivity contribution in [2.45, 2.75) is 111 Å². The Morgan fingerprint density at radius 2 is 1.64 bits per heavy atom. The fraction of sp³-hybridized carbons (Fsp3) is 0.641. The molecule has 240 valence electrons. The summed E-state index contributed by atoms with van der Waals surface area (Å²) in [6.07, 6.45) is 19.8. The third-order valence-electron chi connectivity index (χ3n) is 14.7. The number of fused-ring (bicyclic) bond motifs is 7. The van der Waals surface area contributed by atoms with Gasteiger partial charge in [0.1, 0.15) is 0 Å². The average molecular weight is 610 g/mol. The Morgan fingerprint density at radius 3 is 2.36 bits per heavy atom. The summed E-state index contributed by atoms with van der Waals surface area (Å²) in [5.74, 6) is 1.66. The lowest BCUT2D eigenvalue weighted by Gasteiger charge is -2.72. The lowest BCUT2D eigenvalue weighted by Crippen LogP contribution is -2.67. The number of carbonyl (C=O) groups is 2. The van der Waals surface area contributed by atoms with Gasteiger partial charge in [-0.05, 0) is 126 Å². The van der Waals surface area contributed by atoms with Crippen LogP contribution in [0, 0.1) is 45.3 Å². The molecule has 0 spiro atoms. The molecule has 2 aromatic rings.